The Morgan fingerprint density at radius 3 is 3.07 bits per heavy atom. The molecule has 0 bridgehead atoms. The molecule has 5 heteroatoms. The third-order valence-electron chi connectivity index (χ3n) is 1.94. The molecule has 14 heavy (non-hydrogen) atoms. The van der Waals surface area contributed by atoms with Gasteiger partial charge in [0, 0.05) is 11.4 Å². The Hall–Kier alpha value is -1.20. The predicted molar refractivity (Wildman–Crippen MR) is 53.9 cm³/mol. The van der Waals surface area contributed by atoms with Crippen LogP contribution >= 0.6 is 11.3 Å². The van der Waals surface area contributed by atoms with Gasteiger partial charge in [0.1, 0.15) is 0 Å². The molecule has 0 saturated carbocycles. The van der Waals surface area contributed by atoms with Crippen LogP contribution in [-0.4, -0.2) is 10.1 Å². The average molecular weight is 209 g/mol. The summed E-state index contributed by atoms with van der Waals surface area (Å²) in [5.74, 6) is 0.694. The number of hydrogen-bond donors (Lipinski definition) is 1. The molecule has 0 unspecified atom stereocenters. The Labute approximate surface area is 86.0 Å². The normalized spacial score (nSPS) is 10.6. The second kappa shape index (κ2) is 4.34. The van der Waals surface area contributed by atoms with Gasteiger partial charge in [-0.3, -0.25) is 0 Å². The first-order chi connectivity index (χ1) is 6.86. The summed E-state index contributed by atoms with van der Waals surface area (Å²) in [5.41, 5.74) is 1.33. The highest BCUT2D eigenvalue weighted by molar-refractivity contribution is 7.10. The van der Waals surface area contributed by atoms with E-state index in [9.17, 15) is 0 Å². The quantitative estimate of drug-likeness (QED) is 0.833. The molecule has 0 atom stereocenters. The molecule has 0 aromatic carbocycles. The minimum absolute atomic E-state index is 0.647. The van der Waals surface area contributed by atoms with Crippen molar-refractivity contribution >= 4 is 11.3 Å². The van der Waals surface area contributed by atoms with E-state index in [0.29, 0.717) is 12.4 Å². The smallest absolute Gasteiger partial charge is 0.213 e. The van der Waals surface area contributed by atoms with Crippen LogP contribution < -0.4 is 5.32 Å². The minimum atomic E-state index is 0.647. The molecule has 0 saturated heterocycles. The van der Waals surface area contributed by atoms with Crippen molar-refractivity contribution in [1.82, 2.24) is 15.5 Å². The van der Waals surface area contributed by atoms with Gasteiger partial charge in [-0.15, -0.1) is 11.3 Å². The molecule has 0 radical (unpaired) electrons. The first-order valence-corrected chi connectivity index (χ1v) is 5.23. The number of nitrogens with zero attached hydrogens (tertiary/aromatic N) is 2. The van der Waals surface area contributed by atoms with Crippen molar-refractivity contribution in [2.75, 3.05) is 0 Å². The summed E-state index contributed by atoms with van der Waals surface area (Å²) in [6, 6.07) is 2.12. The van der Waals surface area contributed by atoms with E-state index in [0.717, 1.165) is 6.54 Å². The molecule has 2 aromatic heterocycles. The number of aromatic nitrogens is 2. The molecule has 2 heterocycles. The summed E-state index contributed by atoms with van der Waals surface area (Å²) in [6.45, 7) is 3.62. The fourth-order valence-corrected chi connectivity index (χ4v) is 2.02. The van der Waals surface area contributed by atoms with Crippen LogP contribution in [0.3, 0.4) is 0 Å². The summed E-state index contributed by atoms with van der Waals surface area (Å²) in [6.07, 6.45) is 1.34. The first kappa shape index (κ1) is 9.36. The number of rotatable bonds is 4. The van der Waals surface area contributed by atoms with E-state index in [2.05, 4.69) is 38.4 Å². The molecule has 0 aliphatic heterocycles. The lowest BCUT2D eigenvalue weighted by Crippen LogP contribution is -2.13. The molecule has 0 amide bonds. The highest BCUT2D eigenvalue weighted by Gasteiger charge is 2.00. The van der Waals surface area contributed by atoms with Gasteiger partial charge < -0.3 is 9.84 Å². The molecule has 0 spiro atoms. The van der Waals surface area contributed by atoms with E-state index in [1.165, 1.54) is 16.8 Å². The van der Waals surface area contributed by atoms with Crippen LogP contribution in [0.5, 0.6) is 0 Å². The zero-order valence-electron chi connectivity index (χ0n) is 7.86. The third kappa shape index (κ3) is 2.18. The predicted octanol–water partition coefficient (Wildman–Crippen LogP) is 1.73. The molecule has 1 N–H and O–H groups in total. The monoisotopic (exact) mass is 209 g/mol. The Morgan fingerprint density at radius 1 is 1.50 bits per heavy atom. The van der Waals surface area contributed by atoms with Crippen molar-refractivity contribution in [1.29, 1.82) is 0 Å². The lowest BCUT2D eigenvalue weighted by Gasteiger charge is -2.00. The van der Waals surface area contributed by atoms with Crippen molar-refractivity contribution < 1.29 is 4.52 Å². The Bertz CT molecular complexity index is 382. The standard InChI is InChI=1S/C9H11N3OS/c1-7-2-3-14-8(7)4-10-5-9-11-6-13-12-9/h2-3,6,10H,4-5H2,1H3. The van der Waals surface area contributed by atoms with Gasteiger partial charge in [-0.2, -0.15) is 4.98 Å². The molecule has 0 aliphatic rings. The molecular formula is C9H11N3OS. The maximum Gasteiger partial charge on any atom is 0.213 e. The largest absolute Gasteiger partial charge is 0.343 e. The second-order valence-electron chi connectivity index (χ2n) is 2.98. The van der Waals surface area contributed by atoms with Gasteiger partial charge in [-0.1, -0.05) is 5.16 Å². The highest BCUT2D eigenvalue weighted by Crippen LogP contribution is 2.14. The van der Waals surface area contributed by atoms with E-state index in [1.54, 1.807) is 11.3 Å². The highest BCUT2D eigenvalue weighted by atomic mass is 32.1. The average Bonchev–Trinajstić information content (AvgIpc) is 2.78. The zero-order valence-corrected chi connectivity index (χ0v) is 8.67. The van der Waals surface area contributed by atoms with E-state index in [-0.39, 0.29) is 0 Å². The van der Waals surface area contributed by atoms with Gasteiger partial charge in [0.05, 0.1) is 6.54 Å². The first-order valence-electron chi connectivity index (χ1n) is 4.35. The number of aryl methyl sites for hydroxylation is 1. The van der Waals surface area contributed by atoms with Crippen molar-refractivity contribution in [2.24, 2.45) is 0 Å². The Balaban J connectivity index is 1.81. The summed E-state index contributed by atoms with van der Waals surface area (Å²) < 4.78 is 4.63. The topological polar surface area (TPSA) is 51.0 Å². The van der Waals surface area contributed by atoms with Gasteiger partial charge in [0.15, 0.2) is 5.82 Å². The van der Waals surface area contributed by atoms with Crippen LogP contribution in [0.15, 0.2) is 22.4 Å². The molecule has 0 fully saturated rings. The van der Waals surface area contributed by atoms with Gasteiger partial charge in [-0.25, -0.2) is 0 Å². The lowest BCUT2D eigenvalue weighted by atomic mass is 10.3. The van der Waals surface area contributed by atoms with E-state index in [4.69, 9.17) is 0 Å². The van der Waals surface area contributed by atoms with Gasteiger partial charge in [-0.05, 0) is 23.9 Å². The number of nitrogens with one attached hydrogen (secondary N) is 1. The number of thiophene rings is 1. The minimum Gasteiger partial charge on any atom is -0.343 e. The summed E-state index contributed by atoms with van der Waals surface area (Å²) in [7, 11) is 0. The van der Waals surface area contributed by atoms with Crippen molar-refractivity contribution in [3.8, 4) is 0 Å². The van der Waals surface area contributed by atoms with Gasteiger partial charge in [0.2, 0.25) is 6.39 Å². The van der Waals surface area contributed by atoms with Gasteiger partial charge in [0.25, 0.3) is 0 Å². The third-order valence-corrected chi connectivity index (χ3v) is 2.97. The summed E-state index contributed by atoms with van der Waals surface area (Å²) in [5, 5.41) is 9.07. The maximum atomic E-state index is 4.63. The zero-order chi connectivity index (χ0) is 9.80. The Morgan fingerprint density at radius 2 is 2.43 bits per heavy atom. The maximum absolute atomic E-state index is 4.63. The SMILES string of the molecule is Cc1ccsc1CNCc1ncon1. The van der Waals surface area contributed by atoms with Gasteiger partial charge >= 0.3 is 0 Å². The molecule has 2 aromatic rings. The van der Waals surface area contributed by atoms with Crippen LogP contribution in [-0.2, 0) is 13.1 Å². The van der Waals surface area contributed by atoms with E-state index >= 15 is 0 Å². The van der Waals surface area contributed by atoms with Crippen molar-refractivity contribution in [2.45, 2.75) is 20.0 Å². The fraction of sp³-hybridized carbons (Fsp3) is 0.333. The fourth-order valence-electron chi connectivity index (χ4n) is 1.14. The summed E-state index contributed by atoms with van der Waals surface area (Å²) >= 11 is 1.76. The van der Waals surface area contributed by atoms with E-state index < -0.39 is 0 Å². The summed E-state index contributed by atoms with van der Waals surface area (Å²) in [4.78, 5) is 5.28. The molecule has 0 aliphatic carbocycles. The number of hydrogen-bond acceptors (Lipinski definition) is 5. The van der Waals surface area contributed by atoms with Crippen LogP contribution in [0.4, 0.5) is 0 Å². The second-order valence-corrected chi connectivity index (χ2v) is 3.98. The molecule has 2 rings (SSSR count). The van der Waals surface area contributed by atoms with Crippen LogP contribution in [0.1, 0.15) is 16.3 Å². The van der Waals surface area contributed by atoms with E-state index in [1.807, 2.05) is 0 Å². The van der Waals surface area contributed by atoms with Crippen LogP contribution in [0.2, 0.25) is 0 Å². The molecule has 4 nitrogen and oxygen atoms in total. The Kier molecular flexibility index (Phi) is 2.90. The van der Waals surface area contributed by atoms with Crippen LogP contribution in [0, 0.1) is 6.92 Å². The van der Waals surface area contributed by atoms with Crippen molar-refractivity contribution in [3.63, 3.8) is 0 Å². The molecular weight excluding hydrogens is 198 g/mol. The lowest BCUT2D eigenvalue weighted by molar-refractivity contribution is 0.407. The van der Waals surface area contributed by atoms with Crippen LogP contribution in [0.25, 0.3) is 0 Å². The molecule has 74 valence electrons. The van der Waals surface area contributed by atoms with Crippen molar-refractivity contribution in [3.05, 3.63) is 34.1 Å².